The van der Waals surface area contributed by atoms with Gasteiger partial charge in [-0.1, -0.05) is 151 Å². The van der Waals surface area contributed by atoms with Gasteiger partial charge in [0, 0.05) is 22.2 Å². The first-order valence-corrected chi connectivity index (χ1v) is 33.1. The topological polar surface area (TPSA) is 104 Å². The number of rotatable bonds is 26. The van der Waals surface area contributed by atoms with E-state index in [-0.39, 0.29) is 31.2 Å². The standard InChI is InChI=1S/C74H85F3N2O7S/c1-4-6-8-9-10-14-44-79(70-48-66-64-17-13-12-16-58(64)37-43-69(66)87-70)78-49-67-65-41-40-63(85-72(81)59-30-26-56(27-31-59)57-34-38-62(39-35-57)83-45-46-84-71(80)50(3)74(75,76)77)47-61(65)36-42-68(67)86-73(82)60-32-28-55(29-33-60)54-24-22-53(23-25-54)52-20-18-51(19-21-52)15-11-7-5-2/h12-13,16-17,22-25,28-29,32-33,36-37,40-43,47-49,51-52,56-57,59,62H,3-11,14-15,18-21,26-27,30-31,34-35,38-39,44-46H2,1-2H3/b78-49+. The van der Waals surface area contributed by atoms with Crippen molar-refractivity contribution in [2.24, 2.45) is 28.8 Å². The number of thiophene rings is 1. The van der Waals surface area contributed by atoms with Crippen molar-refractivity contribution in [1.82, 2.24) is 0 Å². The van der Waals surface area contributed by atoms with E-state index in [1.807, 2.05) is 60.8 Å². The minimum Gasteiger partial charge on any atom is -0.460 e. The van der Waals surface area contributed by atoms with Crippen molar-refractivity contribution < 1.29 is 46.5 Å². The average molecular weight is 1200 g/mol. The number of anilines is 1. The Balaban J connectivity index is 0.822. The maximum atomic E-state index is 14.3. The monoisotopic (exact) mass is 1200 g/mol. The highest BCUT2D eigenvalue weighted by Crippen LogP contribution is 2.43. The van der Waals surface area contributed by atoms with Gasteiger partial charge in [0.25, 0.3) is 0 Å². The number of carbonyl (C=O) groups excluding carboxylic acids is 3. The van der Waals surface area contributed by atoms with Gasteiger partial charge in [0.2, 0.25) is 0 Å². The van der Waals surface area contributed by atoms with Crippen molar-refractivity contribution in [1.29, 1.82) is 0 Å². The maximum absolute atomic E-state index is 14.3. The van der Waals surface area contributed by atoms with Crippen molar-refractivity contribution in [2.45, 2.75) is 173 Å². The van der Waals surface area contributed by atoms with E-state index in [0.29, 0.717) is 46.9 Å². The second-order valence-corrected chi connectivity index (χ2v) is 25.7. The molecule has 0 spiro atoms. The molecule has 7 aromatic rings. The molecule has 3 aliphatic carbocycles. The van der Waals surface area contributed by atoms with Crippen LogP contribution in [0.4, 0.5) is 18.2 Å². The fourth-order valence-electron chi connectivity index (χ4n) is 13.6. The zero-order chi connectivity index (χ0) is 60.7. The number of esters is 3. The minimum absolute atomic E-state index is 0.0264. The molecule has 6 aromatic carbocycles. The highest BCUT2D eigenvalue weighted by Gasteiger charge is 2.38. The number of hydrazone groups is 1. The third-order valence-corrected chi connectivity index (χ3v) is 19.9. The molecule has 0 N–H and O–H groups in total. The Bertz CT molecular complexity index is 3460. The van der Waals surface area contributed by atoms with E-state index in [9.17, 15) is 27.6 Å². The number of ether oxygens (including phenoxy) is 4. The minimum atomic E-state index is -4.83. The van der Waals surface area contributed by atoms with E-state index in [1.165, 1.54) is 103 Å². The highest BCUT2D eigenvalue weighted by molar-refractivity contribution is 7.23. The van der Waals surface area contributed by atoms with Crippen LogP contribution in [0.1, 0.15) is 183 Å². The molecule has 0 aliphatic heterocycles. The normalized spacial score (nSPS) is 20.0. The van der Waals surface area contributed by atoms with Crippen molar-refractivity contribution >= 4 is 72.1 Å². The number of halogens is 3. The van der Waals surface area contributed by atoms with Crippen LogP contribution in [0.2, 0.25) is 0 Å². The van der Waals surface area contributed by atoms with Crippen LogP contribution in [-0.4, -0.2) is 56.2 Å². The van der Waals surface area contributed by atoms with Crippen molar-refractivity contribution in [3.63, 3.8) is 0 Å². The smallest absolute Gasteiger partial charge is 0.422 e. The molecule has 1 aromatic heterocycles. The van der Waals surface area contributed by atoms with Crippen molar-refractivity contribution in [3.05, 3.63) is 150 Å². The molecule has 3 aliphatic rings. The van der Waals surface area contributed by atoms with Gasteiger partial charge in [0.15, 0.2) is 0 Å². The number of nitrogens with zero attached hydrogens (tertiary/aromatic N) is 2. The number of hydrogen-bond donors (Lipinski definition) is 0. The predicted molar refractivity (Wildman–Crippen MR) is 346 cm³/mol. The summed E-state index contributed by atoms with van der Waals surface area (Å²) in [5.74, 6) is 0.859. The first-order valence-electron chi connectivity index (χ1n) is 32.3. The second kappa shape index (κ2) is 30.4. The van der Waals surface area contributed by atoms with Crippen molar-refractivity contribution in [3.8, 4) is 22.6 Å². The van der Waals surface area contributed by atoms with E-state index in [4.69, 9.17) is 24.0 Å². The molecule has 0 bridgehead atoms. The number of unbranched alkanes of at least 4 members (excludes halogenated alkanes) is 7. The van der Waals surface area contributed by atoms with Crippen molar-refractivity contribution in [2.75, 3.05) is 24.8 Å². The van der Waals surface area contributed by atoms with Crippen LogP contribution in [0.5, 0.6) is 11.5 Å². The molecule has 87 heavy (non-hydrogen) atoms. The molecular weight excluding hydrogens is 1120 g/mol. The summed E-state index contributed by atoms with van der Waals surface area (Å²) in [6, 6.07) is 41.1. The molecule has 3 saturated carbocycles. The van der Waals surface area contributed by atoms with Gasteiger partial charge in [0.05, 0.1) is 30.4 Å². The second-order valence-electron chi connectivity index (χ2n) is 24.6. The maximum Gasteiger partial charge on any atom is 0.422 e. The lowest BCUT2D eigenvalue weighted by molar-refractivity contribution is -0.152. The van der Waals surface area contributed by atoms with Crippen LogP contribution in [-0.2, 0) is 19.1 Å². The molecule has 10 rings (SSSR count). The summed E-state index contributed by atoms with van der Waals surface area (Å²) < 4.78 is 62.5. The lowest BCUT2D eigenvalue weighted by Crippen LogP contribution is -2.31. The summed E-state index contributed by atoms with van der Waals surface area (Å²) in [6.45, 7) is 7.77. The van der Waals surface area contributed by atoms with Gasteiger partial charge in [0.1, 0.15) is 28.7 Å². The third-order valence-electron chi connectivity index (χ3n) is 18.8. The van der Waals surface area contributed by atoms with E-state index >= 15 is 0 Å². The van der Waals surface area contributed by atoms with Crippen LogP contribution >= 0.6 is 11.3 Å². The van der Waals surface area contributed by atoms with E-state index in [1.54, 1.807) is 11.3 Å². The molecule has 1 heterocycles. The number of carbonyl (C=O) groups is 3. The molecule has 13 heteroatoms. The predicted octanol–water partition coefficient (Wildman–Crippen LogP) is 20.1. The first kappa shape index (κ1) is 63.2. The van der Waals surface area contributed by atoms with Gasteiger partial charge in [-0.3, -0.25) is 9.80 Å². The Kier molecular flexibility index (Phi) is 22.1. The molecule has 0 atom stereocenters. The zero-order valence-electron chi connectivity index (χ0n) is 50.8. The summed E-state index contributed by atoms with van der Waals surface area (Å²) in [5.41, 5.74) is 3.11. The van der Waals surface area contributed by atoms with E-state index in [2.05, 4.69) is 92.2 Å². The van der Waals surface area contributed by atoms with Crippen LogP contribution in [0, 0.1) is 23.7 Å². The number of fused-ring (bicyclic) bond motifs is 4. The van der Waals surface area contributed by atoms with E-state index in [0.717, 1.165) is 97.0 Å². The Hall–Kier alpha value is -6.83. The summed E-state index contributed by atoms with van der Waals surface area (Å²) in [4.78, 5) is 39.8. The molecule has 460 valence electrons. The Morgan fingerprint density at radius 2 is 1.31 bits per heavy atom. The van der Waals surface area contributed by atoms with Gasteiger partial charge >= 0.3 is 24.1 Å². The molecule has 0 radical (unpaired) electrons. The Morgan fingerprint density at radius 1 is 0.644 bits per heavy atom. The van der Waals surface area contributed by atoms with Gasteiger partial charge in [-0.2, -0.15) is 18.3 Å². The summed E-state index contributed by atoms with van der Waals surface area (Å²) in [7, 11) is 0. The van der Waals surface area contributed by atoms with Gasteiger partial charge in [-0.25, -0.2) is 9.59 Å². The Labute approximate surface area is 515 Å². The molecule has 3 fully saturated rings. The highest BCUT2D eigenvalue weighted by atomic mass is 32.1. The van der Waals surface area contributed by atoms with Crippen LogP contribution in [0.25, 0.3) is 42.8 Å². The zero-order valence-corrected chi connectivity index (χ0v) is 51.6. The molecule has 0 amide bonds. The quantitative estimate of drug-likeness (QED) is 0.0132. The summed E-state index contributed by atoms with van der Waals surface area (Å²) in [6.07, 6.45) is 21.2. The number of hydrogen-bond acceptors (Lipinski definition) is 10. The molecule has 9 nitrogen and oxygen atoms in total. The lowest BCUT2D eigenvalue weighted by atomic mass is 9.70. The fourth-order valence-corrected chi connectivity index (χ4v) is 14.6. The van der Waals surface area contributed by atoms with Gasteiger partial charge in [-0.05, 0) is 194 Å². The van der Waals surface area contributed by atoms with Gasteiger partial charge < -0.3 is 18.9 Å². The SMILES string of the molecule is C=C(C(=O)OCCOC1CCC(C2CCC(C(=O)Oc3ccc4c(/C=N/N(CCCCCCCC)c5cc6c(ccc7ccccc76)s5)c(OC(=O)c5ccc(-c6ccc(C7CCC(CCCCC)CC7)cc6)cc5)ccc4c3)CC2)CC1)C(F)(F)F. The fraction of sp³-hybridized carbons (Fsp3) is 0.459. The average Bonchev–Trinajstić information content (AvgIpc) is 2.93. The van der Waals surface area contributed by atoms with Crippen LogP contribution < -0.4 is 14.5 Å². The largest absolute Gasteiger partial charge is 0.460 e. The number of benzene rings is 6. The van der Waals surface area contributed by atoms with Crippen LogP contribution in [0.15, 0.2) is 139 Å². The van der Waals surface area contributed by atoms with Gasteiger partial charge in [-0.15, -0.1) is 11.3 Å². The molecule has 0 unspecified atom stereocenters. The van der Waals surface area contributed by atoms with E-state index < -0.39 is 23.7 Å². The first-order chi connectivity index (χ1) is 42.3. The number of alkyl halides is 3. The van der Waals surface area contributed by atoms with Crippen LogP contribution in [0.3, 0.4) is 0 Å². The molecular formula is C74H85F3N2O7S. The summed E-state index contributed by atoms with van der Waals surface area (Å²) >= 11 is 1.72. The lowest BCUT2D eigenvalue weighted by Gasteiger charge is -2.37. The Morgan fingerprint density at radius 3 is 2.03 bits per heavy atom. The summed E-state index contributed by atoms with van der Waals surface area (Å²) in [5, 5.41) is 13.6. The third kappa shape index (κ3) is 16.7. The molecule has 0 saturated heterocycles.